The highest BCUT2D eigenvalue weighted by Gasteiger charge is 2.26. The van der Waals surface area contributed by atoms with Gasteiger partial charge in [0.2, 0.25) is 15.9 Å². The second kappa shape index (κ2) is 9.78. The topological polar surface area (TPSA) is 88.2 Å². The van der Waals surface area contributed by atoms with Gasteiger partial charge in [-0.25, -0.2) is 8.42 Å². The van der Waals surface area contributed by atoms with Gasteiger partial charge in [0, 0.05) is 10.7 Å². The molecule has 3 aromatic rings. The number of carbonyl (C=O) groups excluding carboxylic acids is 1. The minimum atomic E-state index is -3.87. The number of hydrogen-bond donors (Lipinski definition) is 2. The number of pyridine rings is 1. The van der Waals surface area contributed by atoms with Gasteiger partial charge < -0.3 is 5.32 Å². The van der Waals surface area contributed by atoms with Crippen molar-refractivity contribution in [1.29, 1.82) is 0 Å². The van der Waals surface area contributed by atoms with Gasteiger partial charge in [-0.05, 0) is 48.4 Å². The molecule has 1 amide bonds. The van der Waals surface area contributed by atoms with E-state index in [4.69, 9.17) is 0 Å². The molecule has 1 atom stereocenters. The van der Waals surface area contributed by atoms with Gasteiger partial charge in [-0.2, -0.15) is 4.72 Å². The third-order valence-corrected chi connectivity index (χ3v) is 6.21. The van der Waals surface area contributed by atoms with Gasteiger partial charge in [-0.3, -0.25) is 9.78 Å². The van der Waals surface area contributed by atoms with Crippen LogP contribution in [0.1, 0.15) is 11.3 Å². The van der Waals surface area contributed by atoms with Crippen LogP contribution >= 0.6 is 15.9 Å². The minimum Gasteiger partial charge on any atom is -0.349 e. The first kappa shape index (κ1) is 21.2. The Labute approximate surface area is 178 Å². The van der Waals surface area contributed by atoms with E-state index in [1.165, 1.54) is 12.1 Å². The second-order valence-electron chi connectivity index (χ2n) is 6.36. The molecule has 150 valence electrons. The first-order chi connectivity index (χ1) is 13.9. The Morgan fingerprint density at radius 2 is 1.66 bits per heavy atom. The lowest BCUT2D eigenvalue weighted by Gasteiger charge is -2.19. The summed E-state index contributed by atoms with van der Waals surface area (Å²) in [4.78, 5) is 17.1. The smallest absolute Gasteiger partial charge is 0.241 e. The number of benzene rings is 2. The summed E-state index contributed by atoms with van der Waals surface area (Å²) in [6.45, 7) is 0.213. The fourth-order valence-corrected chi connectivity index (χ4v) is 4.17. The van der Waals surface area contributed by atoms with Crippen LogP contribution in [0, 0.1) is 0 Å². The molecule has 0 saturated heterocycles. The maximum absolute atomic E-state index is 12.8. The van der Waals surface area contributed by atoms with Gasteiger partial charge in [-0.1, -0.05) is 52.3 Å². The fourth-order valence-electron chi connectivity index (χ4n) is 2.71. The summed E-state index contributed by atoms with van der Waals surface area (Å²) < 4.78 is 28.9. The number of sulfonamides is 1. The van der Waals surface area contributed by atoms with Crippen molar-refractivity contribution in [3.05, 3.63) is 94.7 Å². The number of halogens is 1. The Morgan fingerprint density at radius 3 is 2.31 bits per heavy atom. The summed E-state index contributed by atoms with van der Waals surface area (Å²) in [5.41, 5.74) is 1.54. The van der Waals surface area contributed by atoms with Crippen molar-refractivity contribution in [2.24, 2.45) is 0 Å². The molecule has 3 rings (SSSR count). The van der Waals surface area contributed by atoms with Gasteiger partial charge in [0.1, 0.15) is 6.04 Å². The van der Waals surface area contributed by atoms with Crippen molar-refractivity contribution in [2.75, 3.05) is 0 Å². The summed E-state index contributed by atoms with van der Waals surface area (Å²) in [6, 6.07) is 20.0. The lowest BCUT2D eigenvalue weighted by molar-refractivity contribution is -0.122. The molecule has 29 heavy (non-hydrogen) atoms. The van der Waals surface area contributed by atoms with Crippen molar-refractivity contribution in [3.8, 4) is 0 Å². The maximum Gasteiger partial charge on any atom is 0.241 e. The molecular formula is C21H20BrN3O3S. The molecule has 0 spiro atoms. The van der Waals surface area contributed by atoms with Crippen molar-refractivity contribution in [3.63, 3.8) is 0 Å². The molecule has 0 bridgehead atoms. The standard InChI is InChI=1S/C21H20BrN3O3S/c22-17-9-11-19(12-10-17)29(27,28)25-20(14-16-6-2-1-3-7-16)21(26)24-15-18-8-4-5-13-23-18/h1-13,20,25H,14-15H2,(H,24,26)/t20-/m1/s1. The number of carbonyl (C=O) groups is 1. The third kappa shape index (κ3) is 6.22. The van der Waals surface area contributed by atoms with Crippen molar-refractivity contribution in [1.82, 2.24) is 15.0 Å². The molecule has 0 aliphatic heterocycles. The SMILES string of the molecule is O=C(NCc1ccccn1)[C@@H](Cc1ccccc1)NS(=O)(=O)c1ccc(Br)cc1. The minimum absolute atomic E-state index is 0.0938. The van der Waals surface area contributed by atoms with Crippen LogP contribution in [-0.4, -0.2) is 25.4 Å². The van der Waals surface area contributed by atoms with E-state index in [1.807, 2.05) is 36.4 Å². The summed E-state index contributed by atoms with van der Waals surface area (Å²) in [6.07, 6.45) is 1.86. The highest BCUT2D eigenvalue weighted by Crippen LogP contribution is 2.16. The molecule has 0 saturated carbocycles. The molecule has 2 N–H and O–H groups in total. The molecule has 0 radical (unpaired) electrons. The Morgan fingerprint density at radius 1 is 0.966 bits per heavy atom. The van der Waals surface area contributed by atoms with Crippen molar-refractivity contribution >= 4 is 31.9 Å². The van der Waals surface area contributed by atoms with E-state index >= 15 is 0 Å². The molecule has 0 aliphatic carbocycles. The molecule has 1 heterocycles. The number of rotatable bonds is 8. The first-order valence-electron chi connectivity index (χ1n) is 8.93. The van der Waals surface area contributed by atoms with E-state index in [0.29, 0.717) is 5.69 Å². The maximum atomic E-state index is 12.8. The van der Waals surface area contributed by atoms with Gasteiger partial charge >= 0.3 is 0 Å². The van der Waals surface area contributed by atoms with Crippen molar-refractivity contribution in [2.45, 2.75) is 23.9 Å². The second-order valence-corrected chi connectivity index (χ2v) is 8.99. The zero-order valence-corrected chi connectivity index (χ0v) is 17.9. The van der Waals surface area contributed by atoms with E-state index in [-0.39, 0.29) is 17.9 Å². The van der Waals surface area contributed by atoms with E-state index in [0.717, 1.165) is 10.0 Å². The van der Waals surface area contributed by atoms with E-state index in [1.54, 1.807) is 30.5 Å². The molecule has 8 heteroatoms. The summed E-state index contributed by atoms with van der Waals surface area (Å²) in [5.74, 6) is -0.416. The number of nitrogens with zero attached hydrogens (tertiary/aromatic N) is 1. The molecule has 0 aliphatic rings. The predicted octanol–water partition coefficient (Wildman–Crippen LogP) is 3.05. The molecule has 0 fully saturated rings. The third-order valence-electron chi connectivity index (χ3n) is 4.19. The molecule has 2 aromatic carbocycles. The van der Waals surface area contributed by atoms with Crippen LogP contribution in [0.4, 0.5) is 0 Å². The van der Waals surface area contributed by atoms with E-state index < -0.39 is 22.0 Å². The van der Waals surface area contributed by atoms with Crippen LogP contribution in [0.2, 0.25) is 0 Å². The van der Waals surface area contributed by atoms with Crippen molar-refractivity contribution < 1.29 is 13.2 Å². The lowest BCUT2D eigenvalue weighted by Crippen LogP contribution is -2.47. The van der Waals surface area contributed by atoms with Crippen LogP contribution in [0.5, 0.6) is 0 Å². The van der Waals surface area contributed by atoms with Crippen LogP contribution < -0.4 is 10.0 Å². The zero-order chi connectivity index (χ0) is 20.7. The lowest BCUT2D eigenvalue weighted by atomic mass is 10.1. The van der Waals surface area contributed by atoms with Crippen LogP contribution in [0.25, 0.3) is 0 Å². The van der Waals surface area contributed by atoms with Crippen LogP contribution in [0.3, 0.4) is 0 Å². The zero-order valence-electron chi connectivity index (χ0n) is 15.5. The quantitative estimate of drug-likeness (QED) is 0.526. The normalized spacial score (nSPS) is 12.3. The van der Waals surface area contributed by atoms with Crippen LogP contribution in [0.15, 0.2) is 88.4 Å². The monoisotopic (exact) mass is 473 g/mol. The number of amides is 1. The van der Waals surface area contributed by atoms with Gasteiger partial charge in [-0.15, -0.1) is 0 Å². The Bertz CT molecular complexity index is 1040. The first-order valence-corrected chi connectivity index (χ1v) is 11.2. The summed E-state index contributed by atoms with van der Waals surface area (Å²) in [5, 5.41) is 2.77. The number of aromatic nitrogens is 1. The Balaban J connectivity index is 1.78. The molecule has 1 aromatic heterocycles. The average molecular weight is 474 g/mol. The molecule has 0 unspecified atom stereocenters. The van der Waals surface area contributed by atoms with E-state index in [2.05, 4.69) is 31.0 Å². The van der Waals surface area contributed by atoms with E-state index in [9.17, 15) is 13.2 Å². The number of hydrogen-bond acceptors (Lipinski definition) is 4. The highest BCUT2D eigenvalue weighted by atomic mass is 79.9. The van der Waals surface area contributed by atoms with Gasteiger partial charge in [0.15, 0.2) is 0 Å². The fraction of sp³-hybridized carbons (Fsp3) is 0.143. The summed E-state index contributed by atoms with van der Waals surface area (Å²) >= 11 is 3.29. The largest absolute Gasteiger partial charge is 0.349 e. The predicted molar refractivity (Wildman–Crippen MR) is 114 cm³/mol. The Kier molecular flexibility index (Phi) is 7.13. The summed E-state index contributed by atoms with van der Waals surface area (Å²) in [7, 11) is -3.87. The van der Waals surface area contributed by atoms with Crippen LogP contribution in [-0.2, 0) is 27.8 Å². The molecular weight excluding hydrogens is 454 g/mol. The average Bonchev–Trinajstić information content (AvgIpc) is 2.73. The molecule has 6 nitrogen and oxygen atoms in total. The highest BCUT2D eigenvalue weighted by molar-refractivity contribution is 9.10. The van der Waals surface area contributed by atoms with Gasteiger partial charge in [0.25, 0.3) is 0 Å². The van der Waals surface area contributed by atoms with Gasteiger partial charge in [0.05, 0.1) is 17.1 Å². The number of nitrogens with one attached hydrogen (secondary N) is 2. The Hall–Kier alpha value is -2.55.